The molecule has 6 nitrogen and oxygen atoms in total. The van der Waals surface area contributed by atoms with E-state index in [-0.39, 0.29) is 30.4 Å². The van der Waals surface area contributed by atoms with Gasteiger partial charge in [-0.15, -0.1) is 0 Å². The zero-order valence-corrected chi connectivity index (χ0v) is 11.6. The molecule has 0 unspecified atom stereocenters. The summed E-state index contributed by atoms with van der Waals surface area (Å²) in [5.41, 5.74) is 5.87. The van der Waals surface area contributed by atoms with Gasteiger partial charge in [-0.25, -0.2) is 8.42 Å². The summed E-state index contributed by atoms with van der Waals surface area (Å²) in [4.78, 5) is 11.4. The SMILES string of the molecule is NCC#Cc1cccc(S(=O)(=O)N2CCNC(=O)C2)c1. The van der Waals surface area contributed by atoms with Crippen LogP contribution in [0, 0.1) is 11.8 Å². The molecular weight excluding hydrogens is 278 g/mol. The summed E-state index contributed by atoms with van der Waals surface area (Å²) in [5.74, 6) is 5.17. The summed E-state index contributed by atoms with van der Waals surface area (Å²) in [6.45, 7) is 0.655. The summed E-state index contributed by atoms with van der Waals surface area (Å²) in [5, 5.41) is 2.59. The molecule has 3 N–H and O–H groups in total. The first-order valence-corrected chi connectivity index (χ1v) is 7.54. The van der Waals surface area contributed by atoms with Gasteiger partial charge in [-0.3, -0.25) is 4.79 Å². The molecule has 1 aliphatic heterocycles. The van der Waals surface area contributed by atoms with Gasteiger partial charge in [0, 0.05) is 18.7 Å². The molecule has 0 spiro atoms. The van der Waals surface area contributed by atoms with Gasteiger partial charge in [-0.1, -0.05) is 17.9 Å². The Labute approximate surface area is 118 Å². The molecule has 0 aliphatic carbocycles. The Kier molecular flexibility index (Phi) is 4.39. The zero-order chi connectivity index (χ0) is 14.6. The molecule has 1 aromatic carbocycles. The van der Waals surface area contributed by atoms with Crippen LogP contribution in [0.1, 0.15) is 5.56 Å². The van der Waals surface area contributed by atoms with E-state index in [1.54, 1.807) is 12.1 Å². The third kappa shape index (κ3) is 3.17. The lowest BCUT2D eigenvalue weighted by Gasteiger charge is -2.25. The highest BCUT2D eigenvalue weighted by Gasteiger charge is 2.29. The topological polar surface area (TPSA) is 92.5 Å². The summed E-state index contributed by atoms with van der Waals surface area (Å²) in [6, 6.07) is 6.32. The van der Waals surface area contributed by atoms with Crippen molar-refractivity contribution >= 4 is 15.9 Å². The summed E-state index contributed by atoms with van der Waals surface area (Å²) >= 11 is 0. The molecule has 1 fully saturated rings. The predicted octanol–water partition coefficient (Wildman–Crippen LogP) is -0.883. The molecule has 0 saturated carbocycles. The minimum Gasteiger partial charge on any atom is -0.354 e. The fraction of sp³-hybridized carbons (Fsp3) is 0.308. The number of nitrogens with zero attached hydrogens (tertiary/aromatic N) is 1. The fourth-order valence-corrected chi connectivity index (χ4v) is 3.30. The quantitative estimate of drug-likeness (QED) is 0.692. The van der Waals surface area contributed by atoms with Crippen LogP contribution in [0.5, 0.6) is 0 Å². The first-order valence-electron chi connectivity index (χ1n) is 6.10. The molecule has 106 valence electrons. The van der Waals surface area contributed by atoms with Crippen molar-refractivity contribution in [3.8, 4) is 11.8 Å². The van der Waals surface area contributed by atoms with Crippen molar-refractivity contribution in [1.82, 2.24) is 9.62 Å². The van der Waals surface area contributed by atoms with Crippen molar-refractivity contribution in [1.29, 1.82) is 0 Å². The minimum atomic E-state index is -3.67. The van der Waals surface area contributed by atoms with Gasteiger partial charge in [0.05, 0.1) is 18.0 Å². The number of carbonyl (C=O) groups excluding carboxylic acids is 1. The van der Waals surface area contributed by atoms with Crippen molar-refractivity contribution in [2.24, 2.45) is 5.73 Å². The second kappa shape index (κ2) is 6.05. The van der Waals surface area contributed by atoms with Gasteiger partial charge < -0.3 is 11.1 Å². The molecular formula is C13H15N3O3S. The summed E-state index contributed by atoms with van der Waals surface area (Å²) in [6.07, 6.45) is 0. The van der Waals surface area contributed by atoms with E-state index in [0.29, 0.717) is 12.1 Å². The van der Waals surface area contributed by atoms with Gasteiger partial charge in [0.1, 0.15) is 0 Å². The Morgan fingerprint density at radius 1 is 1.40 bits per heavy atom. The standard InChI is InChI=1S/C13H15N3O3S/c14-6-2-4-11-3-1-5-12(9-11)20(18,19)16-8-7-15-13(17)10-16/h1,3,5,9H,6-8,10,14H2,(H,15,17). The van der Waals surface area contributed by atoms with Crippen LogP contribution >= 0.6 is 0 Å². The molecule has 20 heavy (non-hydrogen) atoms. The first kappa shape index (κ1) is 14.5. The van der Waals surface area contributed by atoms with Crippen LogP contribution in [0.4, 0.5) is 0 Å². The van der Waals surface area contributed by atoms with Crippen LogP contribution in [-0.2, 0) is 14.8 Å². The largest absolute Gasteiger partial charge is 0.354 e. The summed E-state index contributed by atoms with van der Waals surface area (Å²) in [7, 11) is -3.67. The fourth-order valence-electron chi connectivity index (χ4n) is 1.86. The highest BCUT2D eigenvalue weighted by molar-refractivity contribution is 7.89. The van der Waals surface area contributed by atoms with E-state index in [9.17, 15) is 13.2 Å². The Balaban J connectivity index is 2.31. The smallest absolute Gasteiger partial charge is 0.243 e. The van der Waals surface area contributed by atoms with Crippen LogP contribution in [-0.4, -0.2) is 44.8 Å². The first-order chi connectivity index (χ1) is 9.54. The van der Waals surface area contributed by atoms with Crippen molar-refractivity contribution in [3.05, 3.63) is 29.8 Å². The molecule has 0 radical (unpaired) electrons. The Morgan fingerprint density at radius 3 is 2.90 bits per heavy atom. The number of nitrogens with two attached hydrogens (primary N) is 1. The van der Waals surface area contributed by atoms with Crippen molar-refractivity contribution < 1.29 is 13.2 Å². The monoisotopic (exact) mass is 293 g/mol. The maximum Gasteiger partial charge on any atom is 0.243 e. The van der Waals surface area contributed by atoms with E-state index in [0.717, 1.165) is 0 Å². The van der Waals surface area contributed by atoms with E-state index < -0.39 is 10.0 Å². The lowest BCUT2D eigenvalue weighted by Crippen LogP contribution is -2.49. The van der Waals surface area contributed by atoms with Gasteiger partial charge >= 0.3 is 0 Å². The van der Waals surface area contributed by atoms with Crippen molar-refractivity contribution in [2.45, 2.75) is 4.90 Å². The molecule has 1 aliphatic rings. The second-order valence-corrected chi connectivity index (χ2v) is 6.16. The molecule has 0 bridgehead atoms. The number of sulfonamides is 1. The molecule has 7 heteroatoms. The van der Waals surface area contributed by atoms with Crippen LogP contribution in [0.15, 0.2) is 29.2 Å². The number of nitrogens with one attached hydrogen (secondary N) is 1. The number of piperazine rings is 1. The van der Waals surface area contributed by atoms with Crippen LogP contribution in [0.3, 0.4) is 0 Å². The van der Waals surface area contributed by atoms with Gasteiger partial charge in [0.25, 0.3) is 0 Å². The van der Waals surface area contributed by atoms with E-state index >= 15 is 0 Å². The van der Waals surface area contributed by atoms with Gasteiger partial charge in [-0.05, 0) is 18.2 Å². The maximum atomic E-state index is 12.4. The van der Waals surface area contributed by atoms with E-state index in [2.05, 4.69) is 17.2 Å². The number of rotatable bonds is 2. The molecule has 0 aromatic heterocycles. The van der Waals surface area contributed by atoms with E-state index in [1.807, 2.05) is 0 Å². The minimum absolute atomic E-state index is 0.135. The third-order valence-electron chi connectivity index (χ3n) is 2.81. The summed E-state index contributed by atoms with van der Waals surface area (Å²) < 4.78 is 26.0. The van der Waals surface area contributed by atoms with Gasteiger partial charge in [0.15, 0.2) is 0 Å². The maximum absolute atomic E-state index is 12.4. The number of carbonyl (C=O) groups is 1. The predicted molar refractivity (Wildman–Crippen MR) is 74.1 cm³/mol. The average Bonchev–Trinajstić information content (AvgIpc) is 2.45. The Hall–Kier alpha value is -1.88. The number of hydrogen-bond donors (Lipinski definition) is 2. The molecule has 2 rings (SSSR count). The van der Waals surface area contributed by atoms with Crippen molar-refractivity contribution in [2.75, 3.05) is 26.2 Å². The average molecular weight is 293 g/mol. The lowest BCUT2D eigenvalue weighted by molar-refractivity contribution is -0.122. The Morgan fingerprint density at radius 2 is 2.20 bits per heavy atom. The third-order valence-corrected chi connectivity index (χ3v) is 4.65. The molecule has 1 aromatic rings. The number of hydrogen-bond acceptors (Lipinski definition) is 4. The number of amides is 1. The van der Waals surface area contributed by atoms with Gasteiger partial charge in [0.2, 0.25) is 15.9 Å². The zero-order valence-electron chi connectivity index (χ0n) is 10.8. The van der Waals surface area contributed by atoms with Crippen LogP contribution < -0.4 is 11.1 Å². The van der Waals surface area contributed by atoms with Crippen LogP contribution in [0.2, 0.25) is 0 Å². The highest BCUT2D eigenvalue weighted by atomic mass is 32.2. The molecule has 1 saturated heterocycles. The highest BCUT2D eigenvalue weighted by Crippen LogP contribution is 2.17. The van der Waals surface area contributed by atoms with E-state index in [1.165, 1.54) is 16.4 Å². The molecule has 0 atom stereocenters. The Bertz CT molecular complexity index is 674. The van der Waals surface area contributed by atoms with E-state index in [4.69, 9.17) is 5.73 Å². The number of benzene rings is 1. The van der Waals surface area contributed by atoms with Crippen LogP contribution in [0.25, 0.3) is 0 Å². The lowest BCUT2D eigenvalue weighted by atomic mass is 10.2. The van der Waals surface area contributed by atoms with Crippen molar-refractivity contribution in [3.63, 3.8) is 0 Å². The second-order valence-electron chi connectivity index (χ2n) is 4.22. The van der Waals surface area contributed by atoms with Gasteiger partial charge in [-0.2, -0.15) is 4.31 Å². The molecule has 1 heterocycles. The molecule has 1 amide bonds. The normalized spacial score (nSPS) is 16.1.